The molecule has 2 aromatic heterocycles. The van der Waals surface area contributed by atoms with Gasteiger partial charge >= 0.3 is 0 Å². The Hall–Kier alpha value is -2.11. The Morgan fingerprint density at radius 3 is 2.59 bits per heavy atom. The number of nitrogens with zero attached hydrogens (tertiary/aromatic N) is 4. The fourth-order valence-electron chi connectivity index (χ4n) is 1.62. The van der Waals surface area contributed by atoms with Crippen molar-refractivity contribution in [3.63, 3.8) is 0 Å². The summed E-state index contributed by atoms with van der Waals surface area (Å²) in [5.74, 6) is 1.43. The Morgan fingerprint density at radius 2 is 2.00 bits per heavy atom. The van der Waals surface area contributed by atoms with Crippen LogP contribution >= 0.6 is 0 Å². The van der Waals surface area contributed by atoms with E-state index >= 15 is 0 Å². The van der Waals surface area contributed by atoms with Crippen LogP contribution < -0.4 is 10.6 Å². The van der Waals surface area contributed by atoms with Crippen molar-refractivity contribution >= 4 is 11.9 Å². The Labute approximate surface area is 99.9 Å². The van der Waals surface area contributed by atoms with E-state index in [0.29, 0.717) is 11.8 Å². The lowest BCUT2D eigenvalue weighted by molar-refractivity contribution is 0.815. The van der Waals surface area contributed by atoms with Crippen LogP contribution in [-0.4, -0.2) is 33.0 Å². The molecule has 2 heterocycles. The molecule has 0 aliphatic rings. The van der Waals surface area contributed by atoms with Crippen molar-refractivity contribution in [3.05, 3.63) is 18.3 Å². The van der Waals surface area contributed by atoms with Crippen LogP contribution in [0.25, 0.3) is 11.5 Å². The first-order valence-corrected chi connectivity index (χ1v) is 5.64. The third-order valence-electron chi connectivity index (χ3n) is 2.53. The number of hydrogen-bond donors (Lipinski definition) is 2. The summed E-state index contributed by atoms with van der Waals surface area (Å²) in [6.45, 7) is 5.78. The number of aromatic amines is 1. The summed E-state index contributed by atoms with van der Waals surface area (Å²) >= 11 is 0. The predicted octanol–water partition coefficient (Wildman–Crippen LogP) is 1.30. The second-order valence-corrected chi connectivity index (χ2v) is 3.57. The van der Waals surface area contributed by atoms with E-state index in [9.17, 15) is 0 Å². The second kappa shape index (κ2) is 4.82. The largest absolute Gasteiger partial charge is 0.368 e. The number of rotatable bonds is 4. The van der Waals surface area contributed by atoms with Gasteiger partial charge in [0.15, 0.2) is 5.82 Å². The molecule has 90 valence electrons. The summed E-state index contributed by atoms with van der Waals surface area (Å²) in [7, 11) is 0. The molecule has 0 bridgehead atoms. The molecule has 0 fully saturated rings. The van der Waals surface area contributed by atoms with Crippen LogP contribution in [0.15, 0.2) is 18.3 Å². The molecule has 6 nitrogen and oxygen atoms in total. The third kappa shape index (κ3) is 2.35. The minimum atomic E-state index is 0.242. The van der Waals surface area contributed by atoms with Crippen molar-refractivity contribution in [2.75, 3.05) is 23.7 Å². The molecule has 0 saturated carbocycles. The highest BCUT2D eigenvalue weighted by atomic mass is 15.3. The smallest absolute Gasteiger partial charge is 0.230 e. The topological polar surface area (TPSA) is 83.7 Å². The fraction of sp³-hybridized carbons (Fsp3) is 0.364. The Balaban J connectivity index is 2.42. The molecule has 3 N–H and O–H groups in total. The maximum absolute atomic E-state index is 5.71. The number of nitrogens with one attached hydrogen (secondary N) is 1. The van der Waals surface area contributed by atoms with E-state index in [1.165, 1.54) is 0 Å². The van der Waals surface area contributed by atoms with Gasteiger partial charge in [-0.1, -0.05) is 0 Å². The van der Waals surface area contributed by atoms with E-state index in [2.05, 4.69) is 33.8 Å². The molecule has 0 saturated heterocycles. The number of anilines is 2. The zero-order chi connectivity index (χ0) is 12.3. The van der Waals surface area contributed by atoms with Gasteiger partial charge in [-0.2, -0.15) is 15.0 Å². The van der Waals surface area contributed by atoms with Gasteiger partial charge in [0.2, 0.25) is 11.9 Å². The van der Waals surface area contributed by atoms with Crippen LogP contribution in [0.2, 0.25) is 0 Å². The molecule has 0 atom stereocenters. The van der Waals surface area contributed by atoms with Crippen LogP contribution in [0.4, 0.5) is 11.9 Å². The molecule has 2 rings (SSSR count). The monoisotopic (exact) mass is 232 g/mol. The molecule has 0 amide bonds. The van der Waals surface area contributed by atoms with Gasteiger partial charge in [0.05, 0.1) is 5.69 Å². The van der Waals surface area contributed by atoms with Gasteiger partial charge in [-0.3, -0.25) is 0 Å². The van der Waals surface area contributed by atoms with Gasteiger partial charge in [-0.25, -0.2) is 0 Å². The first-order valence-electron chi connectivity index (χ1n) is 5.64. The van der Waals surface area contributed by atoms with Gasteiger partial charge in [-0.15, -0.1) is 0 Å². The molecule has 0 radical (unpaired) electrons. The molecule has 2 aromatic rings. The zero-order valence-corrected chi connectivity index (χ0v) is 10.0. The molecule has 0 aliphatic carbocycles. The van der Waals surface area contributed by atoms with Gasteiger partial charge in [0.1, 0.15) is 0 Å². The highest BCUT2D eigenvalue weighted by Gasteiger charge is 2.11. The van der Waals surface area contributed by atoms with Crippen molar-refractivity contribution in [2.24, 2.45) is 0 Å². The van der Waals surface area contributed by atoms with Crippen LogP contribution in [0, 0.1) is 0 Å². The van der Waals surface area contributed by atoms with E-state index in [1.54, 1.807) is 0 Å². The van der Waals surface area contributed by atoms with Gasteiger partial charge in [0, 0.05) is 19.3 Å². The minimum Gasteiger partial charge on any atom is -0.368 e. The van der Waals surface area contributed by atoms with Crippen molar-refractivity contribution in [2.45, 2.75) is 13.8 Å². The zero-order valence-electron chi connectivity index (χ0n) is 10.0. The predicted molar refractivity (Wildman–Crippen MR) is 67.6 cm³/mol. The van der Waals surface area contributed by atoms with Gasteiger partial charge < -0.3 is 15.6 Å². The quantitative estimate of drug-likeness (QED) is 0.830. The number of nitrogens with two attached hydrogens (primary N) is 1. The highest BCUT2D eigenvalue weighted by molar-refractivity contribution is 5.53. The van der Waals surface area contributed by atoms with Gasteiger partial charge in [-0.05, 0) is 26.0 Å². The van der Waals surface area contributed by atoms with E-state index < -0.39 is 0 Å². The van der Waals surface area contributed by atoms with E-state index in [1.807, 2.05) is 23.2 Å². The lowest BCUT2D eigenvalue weighted by Gasteiger charge is -2.18. The Morgan fingerprint density at radius 1 is 1.24 bits per heavy atom. The molecular formula is C11H16N6. The molecule has 0 aliphatic heterocycles. The summed E-state index contributed by atoms with van der Waals surface area (Å²) in [5.41, 5.74) is 6.55. The Kier molecular flexibility index (Phi) is 3.22. The van der Waals surface area contributed by atoms with Crippen LogP contribution in [-0.2, 0) is 0 Å². The first-order chi connectivity index (χ1) is 8.24. The number of H-pyrrole nitrogens is 1. The van der Waals surface area contributed by atoms with E-state index in [-0.39, 0.29) is 5.95 Å². The van der Waals surface area contributed by atoms with Crippen LogP contribution in [0.5, 0.6) is 0 Å². The van der Waals surface area contributed by atoms with Crippen molar-refractivity contribution in [1.82, 2.24) is 19.9 Å². The molecule has 0 unspecified atom stereocenters. The standard InChI is InChI=1S/C11H16N6/c1-3-17(4-2)11-15-9(14-10(12)16-11)8-6-5-7-13-8/h5-7,13H,3-4H2,1-2H3,(H2,12,14,15,16). The molecule has 6 heteroatoms. The summed E-state index contributed by atoms with van der Waals surface area (Å²) in [4.78, 5) is 17.8. The second-order valence-electron chi connectivity index (χ2n) is 3.57. The molecular weight excluding hydrogens is 216 g/mol. The molecule has 17 heavy (non-hydrogen) atoms. The number of aromatic nitrogens is 4. The summed E-state index contributed by atoms with van der Waals surface area (Å²) in [5, 5.41) is 0. The lowest BCUT2D eigenvalue weighted by atomic mass is 10.4. The van der Waals surface area contributed by atoms with E-state index in [4.69, 9.17) is 5.73 Å². The first kappa shape index (κ1) is 11.4. The number of nitrogen functional groups attached to an aromatic ring is 1. The maximum Gasteiger partial charge on any atom is 0.230 e. The molecule has 0 spiro atoms. The van der Waals surface area contributed by atoms with Crippen LogP contribution in [0.1, 0.15) is 13.8 Å². The normalized spacial score (nSPS) is 10.5. The summed E-state index contributed by atoms with van der Waals surface area (Å²) in [6.07, 6.45) is 1.83. The van der Waals surface area contributed by atoms with Crippen molar-refractivity contribution in [1.29, 1.82) is 0 Å². The number of hydrogen-bond acceptors (Lipinski definition) is 5. The fourth-order valence-corrected chi connectivity index (χ4v) is 1.62. The maximum atomic E-state index is 5.71. The average molecular weight is 232 g/mol. The van der Waals surface area contributed by atoms with E-state index in [0.717, 1.165) is 18.8 Å². The average Bonchev–Trinajstić information content (AvgIpc) is 2.83. The lowest BCUT2D eigenvalue weighted by Crippen LogP contribution is -2.25. The molecule has 0 aromatic carbocycles. The minimum absolute atomic E-state index is 0.242. The van der Waals surface area contributed by atoms with Crippen molar-refractivity contribution in [3.8, 4) is 11.5 Å². The summed E-state index contributed by atoms with van der Waals surface area (Å²) in [6, 6.07) is 3.80. The van der Waals surface area contributed by atoms with Crippen molar-refractivity contribution < 1.29 is 0 Å². The third-order valence-corrected chi connectivity index (χ3v) is 2.53. The van der Waals surface area contributed by atoms with Crippen LogP contribution in [0.3, 0.4) is 0 Å². The SMILES string of the molecule is CCN(CC)c1nc(N)nc(-c2ccc[nH]2)n1. The van der Waals surface area contributed by atoms with Gasteiger partial charge in [0.25, 0.3) is 0 Å². The highest BCUT2D eigenvalue weighted by Crippen LogP contribution is 2.16. The Bertz CT molecular complexity index is 475. The summed E-state index contributed by atoms with van der Waals surface area (Å²) < 4.78 is 0.